The molecule has 0 bridgehead atoms. The van der Waals surface area contributed by atoms with Crippen LogP contribution in [-0.2, 0) is 4.79 Å². The Balaban J connectivity index is 2.66. The monoisotopic (exact) mass is 199 g/mol. The van der Waals surface area contributed by atoms with E-state index in [1.807, 2.05) is 0 Å². The predicted molar refractivity (Wildman–Crippen MR) is 56.9 cm³/mol. The summed E-state index contributed by atoms with van der Waals surface area (Å²) in [6, 6.07) is 0. The van der Waals surface area contributed by atoms with Gasteiger partial charge in [0.25, 0.3) is 0 Å². The zero-order valence-corrected chi connectivity index (χ0v) is 9.55. The van der Waals surface area contributed by atoms with Gasteiger partial charge in [-0.05, 0) is 27.7 Å². The normalized spacial score (nSPS) is 26.0. The number of hydrogen-bond acceptors (Lipinski definition) is 3. The Labute approximate surface area is 85.8 Å². The lowest BCUT2D eigenvalue weighted by molar-refractivity contribution is -0.120. The van der Waals surface area contributed by atoms with E-state index >= 15 is 0 Å². The maximum Gasteiger partial charge on any atom is 0.231 e. The number of primary amides is 1. The van der Waals surface area contributed by atoms with Crippen LogP contribution < -0.4 is 11.1 Å². The van der Waals surface area contributed by atoms with Gasteiger partial charge in [-0.3, -0.25) is 9.69 Å². The molecule has 3 N–H and O–H groups in total. The van der Waals surface area contributed by atoms with E-state index in [4.69, 9.17) is 5.73 Å². The van der Waals surface area contributed by atoms with Crippen LogP contribution in [0, 0.1) is 0 Å². The van der Waals surface area contributed by atoms with Crippen molar-refractivity contribution in [3.63, 3.8) is 0 Å². The number of amides is 1. The molecule has 1 fully saturated rings. The SMILES string of the molecule is CC1(C)CN(CC(N)=O)CC(C)(C)N1. The topological polar surface area (TPSA) is 58.4 Å². The van der Waals surface area contributed by atoms with Crippen LogP contribution in [0.2, 0.25) is 0 Å². The summed E-state index contributed by atoms with van der Waals surface area (Å²) in [5.74, 6) is -0.251. The molecule has 0 aromatic heterocycles. The lowest BCUT2D eigenvalue weighted by atomic mass is 9.91. The minimum atomic E-state index is -0.251. The van der Waals surface area contributed by atoms with E-state index in [9.17, 15) is 4.79 Å². The highest BCUT2D eigenvalue weighted by molar-refractivity contribution is 5.75. The molecule has 1 amide bonds. The third kappa shape index (κ3) is 3.27. The second kappa shape index (κ2) is 3.51. The predicted octanol–water partition coefficient (Wildman–Crippen LogP) is -0.0659. The van der Waals surface area contributed by atoms with Crippen LogP contribution in [0.4, 0.5) is 0 Å². The minimum absolute atomic E-state index is 0.0389. The second-order valence-corrected chi connectivity index (χ2v) is 5.50. The molecule has 1 rings (SSSR count). The van der Waals surface area contributed by atoms with E-state index < -0.39 is 0 Å². The summed E-state index contributed by atoms with van der Waals surface area (Å²) in [7, 11) is 0. The van der Waals surface area contributed by atoms with Crippen LogP contribution in [0.1, 0.15) is 27.7 Å². The highest BCUT2D eigenvalue weighted by Crippen LogP contribution is 2.20. The molecule has 1 heterocycles. The first-order valence-corrected chi connectivity index (χ1v) is 5.00. The number of nitrogens with one attached hydrogen (secondary N) is 1. The maximum atomic E-state index is 10.8. The fourth-order valence-corrected chi connectivity index (χ4v) is 2.50. The van der Waals surface area contributed by atoms with Gasteiger partial charge in [0.15, 0.2) is 0 Å². The van der Waals surface area contributed by atoms with Crippen molar-refractivity contribution in [2.75, 3.05) is 19.6 Å². The van der Waals surface area contributed by atoms with Crippen LogP contribution >= 0.6 is 0 Å². The molecule has 0 saturated carbocycles. The van der Waals surface area contributed by atoms with Crippen molar-refractivity contribution in [3.8, 4) is 0 Å². The Morgan fingerprint density at radius 3 is 2.07 bits per heavy atom. The van der Waals surface area contributed by atoms with Gasteiger partial charge in [0.2, 0.25) is 5.91 Å². The molecule has 0 aliphatic carbocycles. The molecule has 1 aliphatic rings. The number of hydrogen-bond donors (Lipinski definition) is 2. The minimum Gasteiger partial charge on any atom is -0.369 e. The third-order valence-electron chi connectivity index (χ3n) is 2.29. The van der Waals surface area contributed by atoms with Crippen molar-refractivity contribution in [2.24, 2.45) is 5.73 Å². The Morgan fingerprint density at radius 1 is 1.29 bits per heavy atom. The van der Waals surface area contributed by atoms with Crippen LogP contribution in [0.3, 0.4) is 0 Å². The average molecular weight is 199 g/mol. The van der Waals surface area contributed by atoms with E-state index in [1.54, 1.807) is 0 Å². The van der Waals surface area contributed by atoms with Crippen molar-refractivity contribution in [3.05, 3.63) is 0 Å². The van der Waals surface area contributed by atoms with Gasteiger partial charge in [0, 0.05) is 24.2 Å². The lowest BCUT2D eigenvalue weighted by Gasteiger charge is -2.48. The van der Waals surface area contributed by atoms with Crippen molar-refractivity contribution in [2.45, 2.75) is 38.8 Å². The Hall–Kier alpha value is -0.610. The second-order valence-electron chi connectivity index (χ2n) is 5.50. The van der Waals surface area contributed by atoms with Crippen molar-refractivity contribution < 1.29 is 4.79 Å². The first-order chi connectivity index (χ1) is 6.20. The van der Waals surface area contributed by atoms with Crippen molar-refractivity contribution >= 4 is 5.91 Å². The van der Waals surface area contributed by atoms with Gasteiger partial charge < -0.3 is 11.1 Å². The third-order valence-corrected chi connectivity index (χ3v) is 2.29. The fourth-order valence-electron chi connectivity index (χ4n) is 2.50. The summed E-state index contributed by atoms with van der Waals surface area (Å²) >= 11 is 0. The zero-order valence-electron chi connectivity index (χ0n) is 9.55. The van der Waals surface area contributed by atoms with E-state index in [1.165, 1.54) is 0 Å². The molecular weight excluding hydrogens is 178 g/mol. The summed E-state index contributed by atoms with van der Waals surface area (Å²) in [5.41, 5.74) is 5.28. The van der Waals surface area contributed by atoms with Crippen LogP contribution in [-0.4, -0.2) is 41.5 Å². The van der Waals surface area contributed by atoms with E-state index in [0.29, 0.717) is 6.54 Å². The number of carbonyl (C=O) groups is 1. The molecule has 0 atom stereocenters. The largest absolute Gasteiger partial charge is 0.369 e. The number of nitrogens with two attached hydrogens (primary N) is 1. The highest BCUT2D eigenvalue weighted by atomic mass is 16.1. The zero-order chi connectivity index (χ0) is 11.0. The Morgan fingerprint density at radius 2 is 1.71 bits per heavy atom. The van der Waals surface area contributed by atoms with Gasteiger partial charge in [0.05, 0.1) is 6.54 Å². The van der Waals surface area contributed by atoms with Gasteiger partial charge in [-0.25, -0.2) is 0 Å². The van der Waals surface area contributed by atoms with E-state index in [0.717, 1.165) is 13.1 Å². The Bertz CT molecular complexity index is 220. The highest BCUT2D eigenvalue weighted by Gasteiger charge is 2.36. The summed E-state index contributed by atoms with van der Waals surface area (Å²) in [5, 5.41) is 3.54. The molecule has 0 spiro atoms. The molecule has 4 heteroatoms. The molecular formula is C10H21N3O. The van der Waals surface area contributed by atoms with Gasteiger partial charge >= 0.3 is 0 Å². The van der Waals surface area contributed by atoms with Crippen molar-refractivity contribution in [1.29, 1.82) is 0 Å². The number of carbonyl (C=O) groups excluding carboxylic acids is 1. The Kier molecular flexibility index (Phi) is 2.88. The van der Waals surface area contributed by atoms with Gasteiger partial charge in [0.1, 0.15) is 0 Å². The number of rotatable bonds is 2. The number of nitrogens with zero attached hydrogens (tertiary/aromatic N) is 1. The molecule has 14 heavy (non-hydrogen) atoms. The summed E-state index contributed by atoms with van der Waals surface area (Å²) in [6.45, 7) is 10.6. The fraction of sp³-hybridized carbons (Fsp3) is 0.900. The van der Waals surface area contributed by atoms with E-state index in [-0.39, 0.29) is 17.0 Å². The number of piperazine rings is 1. The lowest BCUT2D eigenvalue weighted by Crippen LogP contribution is -2.67. The van der Waals surface area contributed by atoms with Crippen molar-refractivity contribution in [1.82, 2.24) is 10.2 Å². The average Bonchev–Trinajstić information content (AvgIpc) is 1.74. The quantitative estimate of drug-likeness (QED) is 0.655. The molecule has 0 aromatic carbocycles. The maximum absolute atomic E-state index is 10.8. The molecule has 0 aromatic rings. The molecule has 4 nitrogen and oxygen atoms in total. The van der Waals surface area contributed by atoms with Crippen LogP contribution in [0.5, 0.6) is 0 Å². The first kappa shape index (κ1) is 11.5. The summed E-state index contributed by atoms with van der Waals surface area (Å²) < 4.78 is 0. The molecule has 1 aliphatic heterocycles. The summed E-state index contributed by atoms with van der Waals surface area (Å²) in [6.07, 6.45) is 0. The summed E-state index contributed by atoms with van der Waals surface area (Å²) in [4.78, 5) is 13.0. The van der Waals surface area contributed by atoms with Gasteiger partial charge in [-0.1, -0.05) is 0 Å². The molecule has 1 saturated heterocycles. The molecule has 0 radical (unpaired) electrons. The standard InChI is InChI=1S/C10H21N3O/c1-9(2)6-13(5-8(11)14)7-10(3,4)12-9/h12H,5-7H2,1-4H3,(H2,11,14). The smallest absolute Gasteiger partial charge is 0.231 e. The van der Waals surface area contributed by atoms with E-state index in [2.05, 4.69) is 37.9 Å². The van der Waals surface area contributed by atoms with Crippen LogP contribution in [0.15, 0.2) is 0 Å². The first-order valence-electron chi connectivity index (χ1n) is 5.00. The van der Waals surface area contributed by atoms with Gasteiger partial charge in [-0.15, -0.1) is 0 Å². The molecule has 82 valence electrons. The van der Waals surface area contributed by atoms with Crippen LogP contribution in [0.25, 0.3) is 0 Å². The molecule has 0 unspecified atom stereocenters. The van der Waals surface area contributed by atoms with Gasteiger partial charge in [-0.2, -0.15) is 0 Å².